The number of rotatable bonds is 3. The maximum atomic E-state index is 12.5. The lowest BCUT2D eigenvalue weighted by molar-refractivity contribution is -0.130. The highest BCUT2D eigenvalue weighted by molar-refractivity contribution is 5.89. The van der Waals surface area contributed by atoms with E-state index in [1.54, 1.807) is 0 Å². The fourth-order valence-corrected chi connectivity index (χ4v) is 4.40. The molecule has 0 aromatic carbocycles. The van der Waals surface area contributed by atoms with Crippen molar-refractivity contribution in [2.24, 2.45) is 5.92 Å². The molecule has 2 saturated carbocycles. The molecule has 1 atom stereocenters. The van der Waals surface area contributed by atoms with E-state index in [0.29, 0.717) is 25.0 Å². The van der Waals surface area contributed by atoms with Gasteiger partial charge in [0, 0.05) is 25.0 Å². The molecule has 124 valence electrons. The number of amides is 2. The van der Waals surface area contributed by atoms with Crippen LogP contribution >= 0.6 is 0 Å². The Kier molecular flexibility index (Phi) is 5.37. The molecule has 1 unspecified atom stereocenters. The standard InChI is InChI=1S/C18H30N2O2/c21-17-12-14(18(22)19-15-8-4-3-5-9-15)13-20(17)16-10-6-1-2-7-11-16/h14-16H,1-13H2,(H,19,22). The molecule has 0 spiro atoms. The molecular formula is C18H30N2O2. The Morgan fingerprint density at radius 3 is 2.18 bits per heavy atom. The minimum absolute atomic E-state index is 0.113. The van der Waals surface area contributed by atoms with E-state index in [0.717, 1.165) is 25.7 Å². The Morgan fingerprint density at radius 2 is 1.50 bits per heavy atom. The van der Waals surface area contributed by atoms with Gasteiger partial charge in [-0.1, -0.05) is 44.9 Å². The minimum atomic E-state index is -0.113. The first-order chi connectivity index (χ1) is 10.7. The van der Waals surface area contributed by atoms with Gasteiger partial charge in [-0.2, -0.15) is 0 Å². The van der Waals surface area contributed by atoms with Crippen molar-refractivity contribution in [2.75, 3.05) is 6.54 Å². The normalized spacial score (nSPS) is 28.6. The monoisotopic (exact) mass is 306 g/mol. The topological polar surface area (TPSA) is 49.4 Å². The Hall–Kier alpha value is -1.06. The van der Waals surface area contributed by atoms with Crippen molar-refractivity contribution in [1.82, 2.24) is 10.2 Å². The van der Waals surface area contributed by atoms with Gasteiger partial charge in [0.15, 0.2) is 0 Å². The number of hydrogen-bond acceptors (Lipinski definition) is 2. The summed E-state index contributed by atoms with van der Waals surface area (Å²) in [6.07, 6.45) is 13.7. The maximum absolute atomic E-state index is 12.5. The molecule has 1 N–H and O–H groups in total. The number of hydrogen-bond donors (Lipinski definition) is 1. The van der Waals surface area contributed by atoms with Crippen molar-refractivity contribution in [2.45, 2.75) is 89.1 Å². The van der Waals surface area contributed by atoms with Gasteiger partial charge in [0.1, 0.15) is 0 Å². The Bertz CT molecular complexity index is 396. The van der Waals surface area contributed by atoms with Crippen LogP contribution in [0.2, 0.25) is 0 Å². The Labute approximate surface area is 134 Å². The van der Waals surface area contributed by atoms with Crippen molar-refractivity contribution < 1.29 is 9.59 Å². The van der Waals surface area contributed by atoms with E-state index in [-0.39, 0.29) is 17.7 Å². The third kappa shape index (κ3) is 3.82. The van der Waals surface area contributed by atoms with Gasteiger partial charge in [-0.25, -0.2) is 0 Å². The molecular weight excluding hydrogens is 276 g/mol. The van der Waals surface area contributed by atoms with Crippen LogP contribution in [0.5, 0.6) is 0 Å². The van der Waals surface area contributed by atoms with Crippen LogP contribution in [0, 0.1) is 5.92 Å². The van der Waals surface area contributed by atoms with Crippen LogP contribution in [-0.2, 0) is 9.59 Å². The van der Waals surface area contributed by atoms with E-state index in [9.17, 15) is 9.59 Å². The summed E-state index contributed by atoms with van der Waals surface area (Å²) in [5, 5.41) is 3.20. The number of carbonyl (C=O) groups excluding carboxylic acids is 2. The molecule has 2 aliphatic carbocycles. The van der Waals surface area contributed by atoms with Gasteiger partial charge in [-0.3, -0.25) is 9.59 Å². The van der Waals surface area contributed by atoms with Crippen LogP contribution in [0.3, 0.4) is 0 Å². The fraction of sp³-hybridized carbons (Fsp3) is 0.889. The van der Waals surface area contributed by atoms with Gasteiger partial charge < -0.3 is 10.2 Å². The molecule has 4 nitrogen and oxygen atoms in total. The van der Waals surface area contributed by atoms with Crippen molar-refractivity contribution in [3.63, 3.8) is 0 Å². The molecule has 22 heavy (non-hydrogen) atoms. The van der Waals surface area contributed by atoms with Crippen LogP contribution in [0.1, 0.15) is 77.0 Å². The molecule has 4 heteroatoms. The third-order valence-electron chi connectivity index (χ3n) is 5.75. The van der Waals surface area contributed by atoms with Crippen LogP contribution < -0.4 is 5.32 Å². The lowest BCUT2D eigenvalue weighted by Gasteiger charge is -2.27. The lowest BCUT2D eigenvalue weighted by Crippen LogP contribution is -2.41. The second-order valence-electron chi connectivity index (χ2n) is 7.44. The highest BCUT2D eigenvalue weighted by Crippen LogP contribution is 2.28. The average molecular weight is 306 g/mol. The Morgan fingerprint density at radius 1 is 0.909 bits per heavy atom. The van der Waals surface area contributed by atoms with Gasteiger partial charge in [-0.05, 0) is 25.7 Å². The molecule has 3 fully saturated rings. The maximum Gasteiger partial charge on any atom is 0.225 e. The fourth-order valence-electron chi connectivity index (χ4n) is 4.40. The largest absolute Gasteiger partial charge is 0.353 e. The van der Waals surface area contributed by atoms with E-state index in [4.69, 9.17) is 0 Å². The van der Waals surface area contributed by atoms with Crippen molar-refractivity contribution in [3.05, 3.63) is 0 Å². The zero-order chi connectivity index (χ0) is 15.4. The van der Waals surface area contributed by atoms with Gasteiger partial charge >= 0.3 is 0 Å². The SMILES string of the molecule is O=C(NC1CCCCC1)C1CC(=O)N(C2CCCCCC2)C1. The predicted octanol–water partition coefficient (Wildman–Crippen LogP) is 3.01. The molecule has 1 heterocycles. The highest BCUT2D eigenvalue weighted by Gasteiger charge is 2.38. The molecule has 2 amide bonds. The van der Waals surface area contributed by atoms with Gasteiger partial charge in [0.05, 0.1) is 5.92 Å². The summed E-state index contributed by atoms with van der Waals surface area (Å²) in [5.74, 6) is 0.213. The molecule has 0 radical (unpaired) electrons. The Balaban J connectivity index is 1.52. The molecule has 0 bridgehead atoms. The molecule has 3 rings (SSSR count). The number of carbonyl (C=O) groups is 2. The lowest BCUT2D eigenvalue weighted by atomic mass is 9.95. The van der Waals surface area contributed by atoms with Crippen LogP contribution in [-0.4, -0.2) is 35.3 Å². The molecule has 0 aromatic rings. The number of nitrogens with one attached hydrogen (secondary N) is 1. The smallest absolute Gasteiger partial charge is 0.225 e. The first-order valence-electron chi connectivity index (χ1n) is 9.34. The summed E-state index contributed by atoms with van der Waals surface area (Å²) >= 11 is 0. The van der Waals surface area contributed by atoms with E-state index in [2.05, 4.69) is 5.32 Å². The summed E-state index contributed by atoms with van der Waals surface area (Å²) in [6.45, 7) is 0.655. The second kappa shape index (κ2) is 7.47. The van der Waals surface area contributed by atoms with Crippen molar-refractivity contribution in [1.29, 1.82) is 0 Å². The first-order valence-corrected chi connectivity index (χ1v) is 9.34. The summed E-state index contributed by atoms with van der Waals surface area (Å²) in [7, 11) is 0. The predicted molar refractivity (Wildman–Crippen MR) is 86.3 cm³/mol. The van der Waals surface area contributed by atoms with Gasteiger partial charge in [-0.15, -0.1) is 0 Å². The zero-order valence-corrected chi connectivity index (χ0v) is 13.7. The summed E-state index contributed by atoms with van der Waals surface area (Å²) in [5.41, 5.74) is 0. The second-order valence-corrected chi connectivity index (χ2v) is 7.44. The number of nitrogens with zero attached hydrogens (tertiary/aromatic N) is 1. The third-order valence-corrected chi connectivity index (χ3v) is 5.75. The molecule has 1 saturated heterocycles. The zero-order valence-electron chi connectivity index (χ0n) is 13.7. The van der Waals surface area contributed by atoms with E-state index in [1.807, 2.05) is 4.90 Å². The van der Waals surface area contributed by atoms with Gasteiger partial charge in [0.25, 0.3) is 0 Å². The molecule has 3 aliphatic rings. The van der Waals surface area contributed by atoms with E-state index < -0.39 is 0 Å². The summed E-state index contributed by atoms with van der Waals surface area (Å²) in [6, 6.07) is 0.741. The van der Waals surface area contributed by atoms with Crippen LogP contribution in [0.4, 0.5) is 0 Å². The van der Waals surface area contributed by atoms with Crippen molar-refractivity contribution >= 4 is 11.8 Å². The number of likely N-dealkylation sites (tertiary alicyclic amines) is 1. The molecule has 1 aliphatic heterocycles. The summed E-state index contributed by atoms with van der Waals surface area (Å²) in [4.78, 5) is 26.8. The minimum Gasteiger partial charge on any atom is -0.353 e. The van der Waals surface area contributed by atoms with Crippen LogP contribution in [0.25, 0.3) is 0 Å². The first kappa shape index (κ1) is 15.8. The molecule has 0 aromatic heterocycles. The highest BCUT2D eigenvalue weighted by atomic mass is 16.2. The van der Waals surface area contributed by atoms with Gasteiger partial charge in [0.2, 0.25) is 11.8 Å². The van der Waals surface area contributed by atoms with Crippen molar-refractivity contribution in [3.8, 4) is 0 Å². The van der Waals surface area contributed by atoms with E-state index in [1.165, 1.54) is 44.9 Å². The van der Waals surface area contributed by atoms with Crippen LogP contribution in [0.15, 0.2) is 0 Å². The quantitative estimate of drug-likeness (QED) is 0.815. The average Bonchev–Trinajstić information content (AvgIpc) is 2.74. The van der Waals surface area contributed by atoms with E-state index >= 15 is 0 Å². The summed E-state index contributed by atoms with van der Waals surface area (Å²) < 4.78 is 0.